The summed E-state index contributed by atoms with van der Waals surface area (Å²) in [5, 5.41) is 14.2. The van der Waals surface area contributed by atoms with E-state index in [9.17, 15) is 18.7 Å². The molecule has 0 unspecified atom stereocenters. The number of aromatic nitrogens is 2. The van der Waals surface area contributed by atoms with E-state index in [1.165, 1.54) is 16.8 Å². The maximum absolute atomic E-state index is 14.2. The molecule has 1 aliphatic carbocycles. The second-order valence-electron chi connectivity index (χ2n) is 7.88. The van der Waals surface area contributed by atoms with Crippen molar-refractivity contribution in [3.63, 3.8) is 0 Å². The molecule has 0 radical (unpaired) electrons. The Hall–Kier alpha value is -2.28. The number of carboxylic acid groups (broad SMARTS) is 1. The number of benzene rings is 1. The van der Waals surface area contributed by atoms with Crippen LogP contribution in [0.2, 0.25) is 0 Å². The van der Waals surface area contributed by atoms with Crippen molar-refractivity contribution in [2.45, 2.75) is 39.7 Å². The standard InChI is InChI=1S/C20H23F2N3O2/c1-12-16(10-24-9-14-4-3-7-20(14,11-24)19(26)27)13(2)25(23-12)18-6-5-15(21)8-17(18)22/h5-6,8,14H,3-4,7,9-11H2,1-2H3,(H,26,27)/t14-,20+/m0/s1. The van der Waals surface area contributed by atoms with Crippen molar-refractivity contribution >= 4 is 5.97 Å². The molecule has 144 valence electrons. The second-order valence-corrected chi connectivity index (χ2v) is 7.88. The number of fused-ring (bicyclic) bond motifs is 1. The van der Waals surface area contributed by atoms with Gasteiger partial charge in [0.25, 0.3) is 0 Å². The molecule has 1 aliphatic heterocycles. The van der Waals surface area contributed by atoms with Gasteiger partial charge in [-0.25, -0.2) is 13.5 Å². The number of likely N-dealkylation sites (tertiary alicyclic amines) is 1. The van der Waals surface area contributed by atoms with Gasteiger partial charge in [0.2, 0.25) is 0 Å². The van der Waals surface area contributed by atoms with Gasteiger partial charge >= 0.3 is 5.97 Å². The number of carbonyl (C=O) groups is 1. The number of aryl methyl sites for hydroxylation is 1. The van der Waals surface area contributed by atoms with Crippen LogP contribution in [0.15, 0.2) is 18.2 Å². The lowest BCUT2D eigenvalue weighted by Crippen LogP contribution is -2.35. The van der Waals surface area contributed by atoms with E-state index in [1.807, 2.05) is 13.8 Å². The van der Waals surface area contributed by atoms with E-state index in [4.69, 9.17) is 0 Å². The first kappa shape index (κ1) is 18.1. The first-order valence-electron chi connectivity index (χ1n) is 9.28. The molecule has 1 saturated heterocycles. The van der Waals surface area contributed by atoms with Crippen molar-refractivity contribution in [1.82, 2.24) is 14.7 Å². The average Bonchev–Trinajstić information content (AvgIpc) is 3.22. The molecule has 1 N–H and O–H groups in total. The van der Waals surface area contributed by atoms with E-state index in [0.29, 0.717) is 13.1 Å². The van der Waals surface area contributed by atoms with Crippen molar-refractivity contribution in [2.75, 3.05) is 13.1 Å². The highest BCUT2D eigenvalue weighted by Gasteiger charge is 2.54. The summed E-state index contributed by atoms with van der Waals surface area (Å²) < 4.78 is 28.9. The smallest absolute Gasteiger partial charge is 0.311 e. The molecule has 1 aromatic carbocycles. The lowest BCUT2D eigenvalue weighted by atomic mass is 9.81. The minimum Gasteiger partial charge on any atom is -0.481 e. The van der Waals surface area contributed by atoms with Gasteiger partial charge in [-0.05, 0) is 44.7 Å². The zero-order valence-corrected chi connectivity index (χ0v) is 15.5. The number of hydrogen-bond donors (Lipinski definition) is 1. The lowest BCUT2D eigenvalue weighted by molar-refractivity contribution is -0.149. The Morgan fingerprint density at radius 3 is 2.81 bits per heavy atom. The largest absolute Gasteiger partial charge is 0.481 e. The van der Waals surface area contributed by atoms with E-state index in [2.05, 4.69) is 10.00 Å². The van der Waals surface area contributed by atoms with Gasteiger partial charge in [-0.3, -0.25) is 9.69 Å². The first-order chi connectivity index (χ1) is 12.8. The van der Waals surface area contributed by atoms with Gasteiger partial charge in [-0.2, -0.15) is 5.10 Å². The van der Waals surface area contributed by atoms with Crippen LogP contribution in [0.4, 0.5) is 8.78 Å². The molecule has 2 aliphatic rings. The second kappa shape index (κ2) is 6.41. The van der Waals surface area contributed by atoms with Gasteiger partial charge in [-0.15, -0.1) is 0 Å². The van der Waals surface area contributed by atoms with Crippen molar-refractivity contribution in [3.05, 3.63) is 46.8 Å². The van der Waals surface area contributed by atoms with Crippen molar-refractivity contribution < 1.29 is 18.7 Å². The third-order valence-corrected chi connectivity index (χ3v) is 6.33. The molecule has 0 amide bonds. The van der Waals surface area contributed by atoms with Crippen LogP contribution in [-0.2, 0) is 11.3 Å². The summed E-state index contributed by atoms with van der Waals surface area (Å²) in [7, 11) is 0. The molecule has 1 saturated carbocycles. The molecule has 1 aromatic heterocycles. The number of hydrogen-bond acceptors (Lipinski definition) is 3. The predicted octanol–water partition coefficient (Wildman–Crippen LogP) is 3.45. The van der Waals surface area contributed by atoms with Crippen LogP contribution in [0.25, 0.3) is 5.69 Å². The Morgan fingerprint density at radius 1 is 1.37 bits per heavy atom. The molecule has 2 aromatic rings. The molecule has 2 fully saturated rings. The molecular weight excluding hydrogens is 352 g/mol. The third-order valence-electron chi connectivity index (χ3n) is 6.33. The van der Waals surface area contributed by atoms with Crippen molar-refractivity contribution in [2.24, 2.45) is 11.3 Å². The summed E-state index contributed by atoms with van der Waals surface area (Å²) in [6.45, 7) is 5.63. The van der Waals surface area contributed by atoms with E-state index < -0.39 is 23.0 Å². The quantitative estimate of drug-likeness (QED) is 0.889. The molecule has 5 nitrogen and oxygen atoms in total. The molecule has 27 heavy (non-hydrogen) atoms. The highest BCUT2D eigenvalue weighted by Crippen LogP contribution is 2.49. The molecule has 0 bridgehead atoms. The molecule has 0 spiro atoms. The summed E-state index contributed by atoms with van der Waals surface area (Å²) in [4.78, 5) is 14.1. The lowest BCUT2D eigenvalue weighted by Gasteiger charge is -2.23. The monoisotopic (exact) mass is 375 g/mol. The molecule has 7 heteroatoms. The molecule has 4 rings (SSSR count). The van der Waals surface area contributed by atoms with Crippen LogP contribution in [0.1, 0.15) is 36.2 Å². The Kier molecular flexibility index (Phi) is 4.29. The highest BCUT2D eigenvalue weighted by atomic mass is 19.1. The van der Waals surface area contributed by atoms with Crippen LogP contribution < -0.4 is 0 Å². The van der Waals surface area contributed by atoms with Crippen LogP contribution in [0.3, 0.4) is 0 Å². The Morgan fingerprint density at radius 2 is 2.15 bits per heavy atom. The summed E-state index contributed by atoms with van der Waals surface area (Å²) in [5.74, 6) is -1.78. The zero-order valence-electron chi connectivity index (χ0n) is 15.5. The zero-order chi connectivity index (χ0) is 19.3. The van der Waals surface area contributed by atoms with Gasteiger partial charge in [0.1, 0.15) is 11.5 Å². The highest BCUT2D eigenvalue weighted by molar-refractivity contribution is 5.76. The van der Waals surface area contributed by atoms with Crippen LogP contribution >= 0.6 is 0 Å². The number of carboxylic acids is 1. The molecule has 2 heterocycles. The first-order valence-corrected chi connectivity index (χ1v) is 9.28. The number of aliphatic carboxylic acids is 1. The predicted molar refractivity (Wildman–Crippen MR) is 95.6 cm³/mol. The van der Waals surface area contributed by atoms with Gasteiger partial charge in [0.15, 0.2) is 5.82 Å². The van der Waals surface area contributed by atoms with Crippen molar-refractivity contribution in [1.29, 1.82) is 0 Å². The SMILES string of the molecule is Cc1nn(-c2ccc(F)cc2F)c(C)c1CN1C[C@@H]2CCC[C@@]2(C(=O)O)C1. The molecular formula is C20H23F2N3O2. The van der Waals surface area contributed by atoms with E-state index in [-0.39, 0.29) is 11.6 Å². The summed E-state index contributed by atoms with van der Waals surface area (Å²) >= 11 is 0. The molecule has 2 atom stereocenters. The number of nitrogens with zero attached hydrogens (tertiary/aromatic N) is 3. The minimum atomic E-state index is -0.690. The fraction of sp³-hybridized carbons (Fsp3) is 0.500. The van der Waals surface area contributed by atoms with Crippen LogP contribution in [0, 0.1) is 36.8 Å². The van der Waals surface area contributed by atoms with Crippen LogP contribution in [0.5, 0.6) is 0 Å². The van der Waals surface area contributed by atoms with Gasteiger partial charge in [-0.1, -0.05) is 6.42 Å². The van der Waals surface area contributed by atoms with Crippen molar-refractivity contribution in [3.8, 4) is 5.69 Å². The van der Waals surface area contributed by atoms with E-state index in [0.717, 1.165) is 48.8 Å². The maximum Gasteiger partial charge on any atom is 0.311 e. The fourth-order valence-electron chi connectivity index (χ4n) is 4.88. The third kappa shape index (κ3) is 2.84. The van der Waals surface area contributed by atoms with Gasteiger partial charge in [0.05, 0.1) is 11.1 Å². The van der Waals surface area contributed by atoms with E-state index >= 15 is 0 Å². The van der Waals surface area contributed by atoms with Crippen LogP contribution in [-0.4, -0.2) is 38.8 Å². The van der Waals surface area contributed by atoms with Gasteiger partial charge < -0.3 is 5.11 Å². The Balaban J connectivity index is 1.61. The number of rotatable bonds is 4. The van der Waals surface area contributed by atoms with Gasteiger partial charge in [0, 0.05) is 37.0 Å². The average molecular weight is 375 g/mol. The minimum absolute atomic E-state index is 0.195. The maximum atomic E-state index is 14.2. The van der Waals surface area contributed by atoms with E-state index in [1.54, 1.807) is 0 Å². The summed E-state index contributed by atoms with van der Waals surface area (Å²) in [6.07, 6.45) is 2.67. The Bertz CT molecular complexity index is 911. The number of halogens is 2. The topological polar surface area (TPSA) is 58.4 Å². The normalized spacial score (nSPS) is 25.1. The fourth-order valence-corrected chi connectivity index (χ4v) is 4.88. The Labute approximate surface area is 156 Å². The summed E-state index contributed by atoms with van der Waals surface area (Å²) in [6, 6.07) is 3.45. The summed E-state index contributed by atoms with van der Waals surface area (Å²) in [5.41, 5.74) is 2.13.